The summed E-state index contributed by atoms with van der Waals surface area (Å²) in [6.07, 6.45) is 1.42. The van der Waals surface area contributed by atoms with Crippen LogP contribution in [0.15, 0.2) is 48.5 Å². The van der Waals surface area contributed by atoms with E-state index in [2.05, 4.69) is 10.6 Å². The Bertz CT molecular complexity index is 891. The normalized spacial score (nSPS) is 13.9. The lowest BCUT2D eigenvalue weighted by atomic mass is 9.96. The highest BCUT2D eigenvalue weighted by molar-refractivity contribution is 5.97. The van der Waals surface area contributed by atoms with Crippen LogP contribution in [-0.4, -0.2) is 31.5 Å². The minimum Gasteiger partial charge on any atom is -0.495 e. The second-order valence-electron chi connectivity index (χ2n) is 6.67. The Morgan fingerprint density at radius 1 is 1.04 bits per heavy atom. The van der Waals surface area contributed by atoms with Crippen molar-refractivity contribution in [1.29, 1.82) is 0 Å². The summed E-state index contributed by atoms with van der Waals surface area (Å²) in [5.74, 6) is -0.688. The first-order chi connectivity index (χ1) is 13.4. The van der Waals surface area contributed by atoms with Crippen molar-refractivity contribution in [2.24, 2.45) is 0 Å². The number of ether oxygens (including phenoxy) is 2. The maximum absolute atomic E-state index is 12.5. The van der Waals surface area contributed by atoms with Crippen molar-refractivity contribution < 1.29 is 23.9 Å². The molecule has 0 atom stereocenters. The number of nitrogens with one attached hydrogen (secondary N) is 2. The van der Waals surface area contributed by atoms with E-state index in [1.54, 1.807) is 18.2 Å². The zero-order valence-corrected chi connectivity index (χ0v) is 15.8. The van der Waals surface area contributed by atoms with E-state index in [1.807, 2.05) is 30.3 Å². The zero-order valence-electron chi connectivity index (χ0n) is 15.8. The van der Waals surface area contributed by atoms with E-state index >= 15 is 0 Å². The highest BCUT2D eigenvalue weighted by Crippen LogP contribution is 2.49. The molecule has 0 radical (unpaired) electrons. The summed E-state index contributed by atoms with van der Waals surface area (Å²) in [6, 6.07) is 14.3. The summed E-state index contributed by atoms with van der Waals surface area (Å²) >= 11 is 0. The Hall–Kier alpha value is -3.35. The molecular formula is C21H22N2O5. The molecule has 146 valence electrons. The average Bonchev–Trinajstić information content (AvgIpc) is 3.49. The number of hydrogen-bond donors (Lipinski definition) is 2. The highest BCUT2D eigenvalue weighted by atomic mass is 16.5. The maximum atomic E-state index is 12.5. The van der Waals surface area contributed by atoms with E-state index in [-0.39, 0.29) is 5.91 Å². The van der Waals surface area contributed by atoms with Crippen molar-refractivity contribution >= 4 is 29.2 Å². The van der Waals surface area contributed by atoms with Crippen molar-refractivity contribution in [3.05, 3.63) is 54.1 Å². The third kappa shape index (κ3) is 4.31. The number of carbonyl (C=O) groups excluding carboxylic acids is 3. The summed E-state index contributed by atoms with van der Waals surface area (Å²) in [7, 11) is 1.47. The Kier molecular flexibility index (Phi) is 5.63. The van der Waals surface area contributed by atoms with Gasteiger partial charge in [0.1, 0.15) is 5.75 Å². The highest BCUT2D eigenvalue weighted by Gasteiger charge is 2.52. The first kappa shape index (κ1) is 19.4. The van der Waals surface area contributed by atoms with Gasteiger partial charge in [0.2, 0.25) is 5.91 Å². The molecule has 0 heterocycles. The molecule has 2 N–H and O–H groups in total. The van der Waals surface area contributed by atoms with Gasteiger partial charge in [-0.25, -0.2) is 0 Å². The van der Waals surface area contributed by atoms with Gasteiger partial charge in [-0.2, -0.15) is 0 Å². The predicted molar refractivity (Wildman–Crippen MR) is 104 cm³/mol. The summed E-state index contributed by atoms with van der Waals surface area (Å²) in [6.45, 7) is 0.989. The molecule has 7 heteroatoms. The van der Waals surface area contributed by atoms with Crippen LogP contribution >= 0.6 is 0 Å². The quantitative estimate of drug-likeness (QED) is 0.718. The molecule has 0 bridgehead atoms. The monoisotopic (exact) mass is 382 g/mol. The Labute approximate surface area is 163 Å². The van der Waals surface area contributed by atoms with Gasteiger partial charge in [0.15, 0.2) is 6.61 Å². The minimum atomic E-state index is -0.634. The van der Waals surface area contributed by atoms with E-state index in [0.717, 1.165) is 5.56 Å². The SMILES string of the molecule is COc1ccc(NC(C)=O)cc1NC(=O)COC(=O)C1(c2ccccc2)CC1. The molecule has 7 nitrogen and oxygen atoms in total. The number of anilines is 2. The van der Waals surface area contributed by atoms with Crippen LogP contribution < -0.4 is 15.4 Å². The van der Waals surface area contributed by atoms with E-state index < -0.39 is 23.9 Å². The van der Waals surface area contributed by atoms with Crippen LogP contribution in [0, 0.1) is 0 Å². The third-order valence-corrected chi connectivity index (χ3v) is 4.60. The van der Waals surface area contributed by atoms with Gasteiger partial charge in [0, 0.05) is 12.6 Å². The molecule has 28 heavy (non-hydrogen) atoms. The largest absolute Gasteiger partial charge is 0.495 e. The van der Waals surface area contributed by atoms with Gasteiger partial charge in [-0.3, -0.25) is 14.4 Å². The Balaban J connectivity index is 1.62. The minimum absolute atomic E-state index is 0.230. The molecule has 1 aliphatic rings. The summed E-state index contributed by atoms with van der Waals surface area (Å²) in [5.41, 5.74) is 1.16. The molecule has 0 saturated heterocycles. The number of methoxy groups -OCH3 is 1. The Morgan fingerprint density at radius 2 is 1.75 bits per heavy atom. The van der Waals surface area contributed by atoms with Gasteiger partial charge in [-0.15, -0.1) is 0 Å². The molecule has 0 aliphatic heterocycles. The lowest BCUT2D eigenvalue weighted by Gasteiger charge is -2.15. The average molecular weight is 382 g/mol. The first-order valence-corrected chi connectivity index (χ1v) is 8.93. The number of carbonyl (C=O) groups is 3. The second-order valence-corrected chi connectivity index (χ2v) is 6.67. The molecule has 2 aromatic carbocycles. The fraction of sp³-hybridized carbons (Fsp3) is 0.286. The molecule has 0 unspecified atom stereocenters. The first-order valence-electron chi connectivity index (χ1n) is 8.93. The van der Waals surface area contributed by atoms with Crippen molar-refractivity contribution in [3.8, 4) is 5.75 Å². The molecule has 0 aromatic heterocycles. The van der Waals surface area contributed by atoms with Crippen LogP contribution in [-0.2, 0) is 24.5 Å². The van der Waals surface area contributed by atoms with E-state index in [1.165, 1.54) is 14.0 Å². The molecule has 1 aliphatic carbocycles. The predicted octanol–water partition coefficient (Wildman–Crippen LogP) is 2.87. The van der Waals surface area contributed by atoms with Crippen LogP contribution in [0.4, 0.5) is 11.4 Å². The molecule has 0 spiro atoms. The van der Waals surface area contributed by atoms with E-state index in [9.17, 15) is 14.4 Å². The van der Waals surface area contributed by atoms with Crippen LogP contribution in [0.5, 0.6) is 5.75 Å². The van der Waals surface area contributed by atoms with Gasteiger partial charge < -0.3 is 20.1 Å². The molecule has 1 saturated carbocycles. The van der Waals surface area contributed by atoms with Crippen LogP contribution in [0.3, 0.4) is 0 Å². The van der Waals surface area contributed by atoms with Crippen molar-refractivity contribution in [2.45, 2.75) is 25.2 Å². The number of hydrogen-bond acceptors (Lipinski definition) is 5. The fourth-order valence-corrected chi connectivity index (χ4v) is 3.04. The summed E-state index contributed by atoms with van der Waals surface area (Å²) in [4.78, 5) is 36.0. The summed E-state index contributed by atoms with van der Waals surface area (Å²) in [5, 5.41) is 5.28. The fourth-order valence-electron chi connectivity index (χ4n) is 3.04. The van der Waals surface area contributed by atoms with E-state index in [0.29, 0.717) is 30.0 Å². The topological polar surface area (TPSA) is 93.7 Å². The van der Waals surface area contributed by atoms with Crippen molar-refractivity contribution in [2.75, 3.05) is 24.4 Å². The van der Waals surface area contributed by atoms with Crippen LogP contribution in [0.25, 0.3) is 0 Å². The standard InChI is InChI=1S/C21H22N2O5/c1-14(24)22-16-8-9-18(27-2)17(12-16)23-19(25)13-28-20(26)21(10-11-21)15-6-4-3-5-7-15/h3-9,12H,10-11,13H2,1-2H3,(H,22,24)(H,23,25). The van der Waals surface area contributed by atoms with E-state index in [4.69, 9.17) is 9.47 Å². The number of rotatable bonds is 7. The number of benzene rings is 2. The third-order valence-electron chi connectivity index (χ3n) is 4.60. The van der Waals surface area contributed by atoms with Crippen molar-refractivity contribution in [3.63, 3.8) is 0 Å². The smallest absolute Gasteiger partial charge is 0.317 e. The lowest BCUT2D eigenvalue weighted by molar-refractivity contribution is -0.150. The second kappa shape index (κ2) is 8.12. The molecule has 2 aromatic rings. The van der Waals surface area contributed by atoms with Gasteiger partial charge in [0.05, 0.1) is 18.2 Å². The zero-order chi connectivity index (χ0) is 20.1. The maximum Gasteiger partial charge on any atom is 0.317 e. The Morgan fingerprint density at radius 3 is 2.36 bits per heavy atom. The van der Waals surface area contributed by atoms with Gasteiger partial charge >= 0.3 is 5.97 Å². The van der Waals surface area contributed by atoms with Gasteiger partial charge in [-0.1, -0.05) is 30.3 Å². The molecule has 2 amide bonds. The molecule has 3 rings (SSSR count). The van der Waals surface area contributed by atoms with Crippen LogP contribution in [0.1, 0.15) is 25.3 Å². The van der Waals surface area contributed by atoms with Crippen LogP contribution in [0.2, 0.25) is 0 Å². The van der Waals surface area contributed by atoms with Crippen molar-refractivity contribution in [1.82, 2.24) is 0 Å². The lowest BCUT2D eigenvalue weighted by Crippen LogP contribution is -2.28. The number of amides is 2. The summed E-state index contributed by atoms with van der Waals surface area (Å²) < 4.78 is 10.5. The number of esters is 1. The van der Waals surface area contributed by atoms with Gasteiger partial charge in [-0.05, 0) is 36.6 Å². The van der Waals surface area contributed by atoms with Gasteiger partial charge in [0.25, 0.3) is 5.91 Å². The molecule has 1 fully saturated rings. The molecular weight excluding hydrogens is 360 g/mol.